The maximum Gasteiger partial charge on any atom is 0.284 e. The van der Waals surface area contributed by atoms with E-state index in [-0.39, 0.29) is 17.4 Å². The molecule has 2 aromatic heterocycles. The highest BCUT2D eigenvalue weighted by Gasteiger charge is 2.16. The van der Waals surface area contributed by atoms with E-state index in [4.69, 9.17) is 15.0 Å². The van der Waals surface area contributed by atoms with Gasteiger partial charge >= 0.3 is 0 Å². The zero-order valence-electron chi connectivity index (χ0n) is 8.71. The zero-order chi connectivity index (χ0) is 11.4. The molecule has 0 unspecified atom stereocenters. The van der Waals surface area contributed by atoms with Gasteiger partial charge in [-0.25, -0.2) is 4.63 Å². The van der Waals surface area contributed by atoms with Crippen molar-refractivity contribution in [3.8, 4) is 11.6 Å². The number of rotatable bonds is 5. The Morgan fingerprint density at radius 2 is 2.19 bits per heavy atom. The summed E-state index contributed by atoms with van der Waals surface area (Å²) in [5.41, 5.74) is 5.76. The van der Waals surface area contributed by atoms with Gasteiger partial charge in [-0.05, 0) is 16.7 Å². The first-order valence-electron chi connectivity index (χ1n) is 4.71. The van der Waals surface area contributed by atoms with Gasteiger partial charge in [-0.2, -0.15) is 4.98 Å². The second-order valence-electron chi connectivity index (χ2n) is 3.11. The number of anilines is 1. The molecule has 0 saturated carbocycles. The Morgan fingerprint density at radius 3 is 2.88 bits per heavy atom. The van der Waals surface area contributed by atoms with Crippen LogP contribution in [-0.4, -0.2) is 34.2 Å². The van der Waals surface area contributed by atoms with Gasteiger partial charge in [0.15, 0.2) is 5.82 Å². The minimum atomic E-state index is 0.132. The minimum Gasteiger partial charge on any atom is -0.385 e. The number of methoxy groups -OCH3 is 1. The van der Waals surface area contributed by atoms with E-state index in [1.807, 2.05) is 0 Å². The maximum absolute atomic E-state index is 5.49. The van der Waals surface area contributed by atoms with Crippen molar-refractivity contribution in [2.45, 2.75) is 12.8 Å². The van der Waals surface area contributed by atoms with Gasteiger partial charge < -0.3 is 15.0 Å². The van der Waals surface area contributed by atoms with Crippen LogP contribution in [0.5, 0.6) is 0 Å². The minimum absolute atomic E-state index is 0.132. The molecule has 0 atom stereocenters. The summed E-state index contributed by atoms with van der Waals surface area (Å²) >= 11 is 0. The lowest BCUT2D eigenvalue weighted by molar-refractivity contribution is 0.194. The molecule has 0 aliphatic carbocycles. The Hall–Kier alpha value is -1.96. The summed E-state index contributed by atoms with van der Waals surface area (Å²) < 4.78 is 14.3. The smallest absolute Gasteiger partial charge is 0.284 e. The molecule has 0 aliphatic heterocycles. The Labute approximate surface area is 90.7 Å². The molecule has 0 spiro atoms. The monoisotopic (exact) mass is 225 g/mol. The molecular weight excluding hydrogens is 214 g/mol. The fraction of sp³-hybridized carbons (Fsp3) is 0.500. The van der Waals surface area contributed by atoms with Gasteiger partial charge in [0.2, 0.25) is 11.5 Å². The van der Waals surface area contributed by atoms with Crippen molar-refractivity contribution in [2.75, 3.05) is 19.5 Å². The van der Waals surface area contributed by atoms with Crippen molar-refractivity contribution in [1.29, 1.82) is 0 Å². The Balaban J connectivity index is 2.05. The van der Waals surface area contributed by atoms with Crippen molar-refractivity contribution >= 4 is 5.82 Å². The van der Waals surface area contributed by atoms with E-state index in [0.29, 0.717) is 18.9 Å². The first-order chi connectivity index (χ1) is 7.81. The average Bonchev–Trinajstić information content (AvgIpc) is 2.87. The number of aromatic nitrogens is 4. The molecule has 0 radical (unpaired) electrons. The number of hydrogen-bond acceptors (Lipinski definition) is 8. The van der Waals surface area contributed by atoms with Crippen molar-refractivity contribution in [2.24, 2.45) is 0 Å². The molecule has 0 fully saturated rings. The van der Waals surface area contributed by atoms with Gasteiger partial charge in [-0.15, -0.1) is 0 Å². The van der Waals surface area contributed by atoms with Crippen molar-refractivity contribution in [3.05, 3.63) is 5.82 Å². The van der Waals surface area contributed by atoms with E-state index in [0.717, 1.165) is 6.42 Å². The van der Waals surface area contributed by atoms with E-state index in [9.17, 15) is 0 Å². The molecule has 0 aliphatic rings. The third-order valence-corrected chi connectivity index (χ3v) is 1.93. The Kier molecular flexibility index (Phi) is 3.10. The number of nitrogens with two attached hydrogens (primary N) is 1. The van der Waals surface area contributed by atoms with Crippen LogP contribution in [0.15, 0.2) is 9.15 Å². The standard InChI is InChI=1S/C8H11N5O3/c1-14-4-2-3-5-10-8(15-11-5)6-7(9)13-16-12-6/h2-4H2,1H3,(H2,9,13). The van der Waals surface area contributed by atoms with E-state index < -0.39 is 0 Å². The van der Waals surface area contributed by atoms with E-state index in [1.165, 1.54) is 0 Å². The largest absolute Gasteiger partial charge is 0.385 e. The normalized spacial score (nSPS) is 10.8. The molecular formula is C8H11N5O3. The Morgan fingerprint density at radius 1 is 1.31 bits per heavy atom. The second kappa shape index (κ2) is 4.71. The van der Waals surface area contributed by atoms with Crippen LogP contribution in [0, 0.1) is 0 Å². The van der Waals surface area contributed by atoms with Crippen LogP contribution < -0.4 is 5.73 Å². The summed E-state index contributed by atoms with van der Waals surface area (Å²) in [6.45, 7) is 0.650. The molecule has 0 aromatic carbocycles. The van der Waals surface area contributed by atoms with E-state index in [2.05, 4.69) is 25.1 Å². The van der Waals surface area contributed by atoms with Crippen LogP contribution in [0.3, 0.4) is 0 Å². The van der Waals surface area contributed by atoms with Crippen LogP contribution in [0.1, 0.15) is 12.2 Å². The number of nitrogen functional groups attached to an aromatic ring is 1. The molecule has 0 bridgehead atoms. The van der Waals surface area contributed by atoms with Crippen LogP contribution in [0.4, 0.5) is 5.82 Å². The highest BCUT2D eigenvalue weighted by molar-refractivity contribution is 5.60. The average molecular weight is 225 g/mol. The number of aryl methyl sites for hydroxylation is 1. The fourth-order valence-corrected chi connectivity index (χ4v) is 1.17. The number of ether oxygens (including phenoxy) is 1. The zero-order valence-corrected chi connectivity index (χ0v) is 8.71. The van der Waals surface area contributed by atoms with Gasteiger partial charge in [0.25, 0.3) is 5.89 Å². The summed E-state index contributed by atoms with van der Waals surface area (Å²) in [5, 5.41) is 10.8. The molecule has 2 N–H and O–H groups in total. The van der Waals surface area contributed by atoms with Gasteiger partial charge in [0, 0.05) is 20.1 Å². The topological polar surface area (TPSA) is 113 Å². The highest BCUT2D eigenvalue weighted by atomic mass is 16.6. The summed E-state index contributed by atoms with van der Waals surface area (Å²) in [6, 6.07) is 0. The van der Waals surface area contributed by atoms with E-state index in [1.54, 1.807) is 7.11 Å². The second-order valence-corrected chi connectivity index (χ2v) is 3.11. The molecule has 2 aromatic rings. The summed E-state index contributed by atoms with van der Waals surface area (Å²) in [6.07, 6.45) is 1.49. The quantitative estimate of drug-likeness (QED) is 0.722. The third kappa shape index (κ3) is 2.16. The van der Waals surface area contributed by atoms with Gasteiger partial charge in [-0.1, -0.05) is 5.16 Å². The summed E-state index contributed by atoms with van der Waals surface area (Å²) in [4.78, 5) is 4.11. The van der Waals surface area contributed by atoms with Crippen molar-refractivity contribution in [1.82, 2.24) is 20.5 Å². The third-order valence-electron chi connectivity index (χ3n) is 1.93. The molecule has 0 saturated heterocycles. The lowest BCUT2D eigenvalue weighted by Crippen LogP contribution is -1.94. The molecule has 8 nitrogen and oxygen atoms in total. The SMILES string of the molecule is COCCCc1noc(-c2nonc2N)n1. The van der Waals surface area contributed by atoms with Crippen LogP contribution >= 0.6 is 0 Å². The molecule has 8 heteroatoms. The molecule has 2 heterocycles. The Bertz CT molecular complexity index is 452. The fourth-order valence-electron chi connectivity index (χ4n) is 1.17. The van der Waals surface area contributed by atoms with Gasteiger partial charge in [0.1, 0.15) is 0 Å². The lowest BCUT2D eigenvalue weighted by Gasteiger charge is -1.92. The van der Waals surface area contributed by atoms with Gasteiger partial charge in [-0.3, -0.25) is 0 Å². The number of hydrogen-bond donors (Lipinski definition) is 1. The highest BCUT2D eigenvalue weighted by Crippen LogP contribution is 2.19. The van der Waals surface area contributed by atoms with Crippen LogP contribution in [0.2, 0.25) is 0 Å². The lowest BCUT2D eigenvalue weighted by atomic mass is 10.3. The molecule has 0 amide bonds. The van der Waals surface area contributed by atoms with Gasteiger partial charge in [0.05, 0.1) is 0 Å². The van der Waals surface area contributed by atoms with E-state index >= 15 is 0 Å². The van der Waals surface area contributed by atoms with Crippen LogP contribution in [0.25, 0.3) is 11.6 Å². The number of nitrogens with zero attached hydrogens (tertiary/aromatic N) is 4. The predicted octanol–water partition coefficient (Wildman–Crippen LogP) is 0.281. The first kappa shape index (κ1) is 10.6. The molecule has 2 rings (SSSR count). The molecule has 16 heavy (non-hydrogen) atoms. The summed E-state index contributed by atoms with van der Waals surface area (Å²) in [5.74, 6) is 0.924. The van der Waals surface area contributed by atoms with Crippen molar-refractivity contribution < 1.29 is 13.9 Å². The first-order valence-corrected chi connectivity index (χ1v) is 4.71. The predicted molar refractivity (Wildman–Crippen MR) is 52.2 cm³/mol. The summed E-state index contributed by atoms with van der Waals surface area (Å²) in [7, 11) is 1.64. The van der Waals surface area contributed by atoms with Crippen molar-refractivity contribution in [3.63, 3.8) is 0 Å². The van der Waals surface area contributed by atoms with Crippen LogP contribution in [-0.2, 0) is 11.2 Å². The molecule has 86 valence electrons. The maximum atomic E-state index is 5.49.